The lowest BCUT2D eigenvalue weighted by atomic mass is 9.61. The Hall–Kier alpha value is -4.76. The Balaban J connectivity index is 0.423. The van der Waals surface area contributed by atoms with Crippen LogP contribution in [0.3, 0.4) is 0 Å². The highest BCUT2D eigenvalue weighted by Gasteiger charge is 2.61. The van der Waals surface area contributed by atoms with Crippen molar-refractivity contribution in [3.05, 3.63) is 24.8 Å². The van der Waals surface area contributed by atoms with Gasteiger partial charge in [-0.1, -0.05) is 143 Å². The molecule has 0 heterocycles. The van der Waals surface area contributed by atoms with Gasteiger partial charge in [-0.25, -0.2) is 9.59 Å². The van der Waals surface area contributed by atoms with Crippen LogP contribution < -0.4 is 0 Å². The molecule has 0 saturated heterocycles. The number of fused-ring (bicyclic) bond motifs is 20. The van der Waals surface area contributed by atoms with Crippen molar-refractivity contribution in [2.45, 2.75) is 342 Å². The van der Waals surface area contributed by atoms with E-state index in [9.17, 15) is 38.4 Å². The molecule has 15 saturated carbocycles. The van der Waals surface area contributed by atoms with Gasteiger partial charge in [0.2, 0.25) is 0 Å². The predicted molar refractivity (Wildman–Crippen MR) is 467 cm³/mol. The quantitative estimate of drug-likeness (QED) is 0.0240. The van der Waals surface area contributed by atoms with Gasteiger partial charge in [0.1, 0.15) is 0 Å². The Morgan fingerprint density at radius 3 is 0.901 bits per heavy atom. The molecule has 15 fully saturated rings. The number of hydrogen-bond acceptors (Lipinski definition) is 16. The molecule has 0 aromatic heterocycles. The van der Waals surface area contributed by atoms with Gasteiger partial charge in [-0.05, 0) is 365 Å². The van der Waals surface area contributed by atoms with E-state index in [-0.39, 0.29) is 71.4 Å². The molecule has 0 aliphatic heterocycles. The Kier molecular flexibility index (Phi) is 33.0. The zero-order chi connectivity index (χ0) is 84.0. The molecule has 0 radical (unpaired) electrons. The van der Waals surface area contributed by atoms with E-state index in [1.54, 1.807) is 6.92 Å². The molecule has 0 amide bonds. The van der Waals surface area contributed by atoms with Crippen molar-refractivity contribution in [3.63, 3.8) is 0 Å². The van der Waals surface area contributed by atoms with Gasteiger partial charge in [0.25, 0.3) is 0 Å². The fourth-order valence-corrected chi connectivity index (χ4v) is 31.3. The highest BCUT2D eigenvalue weighted by molar-refractivity contribution is 5.87. The second-order valence-corrected chi connectivity index (χ2v) is 44.2. The van der Waals surface area contributed by atoms with Crippen molar-refractivity contribution in [2.24, 2.45) is 189 Å². The van der Waals surface area contributed by atoms with Gasteiger partial charge in [-0.2, -0.15) is 0 Å². The summed E-state index contributed by atoms with van der Waals surface area (Å²) >= 11 is 0. The van der Waals surface area contributed by atoms with Crippen LogP contribution >= 0.6 is 0 Å². The fraction of sp³-hybridized carbons (Fsp3) is 0.886. The zero-order valence-corrected chi connectivity index (χ0v) is 75.5. The summed E-state index contributed by atoms with van der Waals surface area (Å²) in [6.07, 6.45) is 56.9. The minimum absolute atomic E-state index is 0.0150. The molecular formula is C105H162O16. The summed E-state index contributed by atoms with van der Waals surface area (Å²) in [5.74, 6) is 15.6. The third-order valence-corrected chi connectivity index (χ3v) is 37.1. The summed E-state index contributed by atoms with van der Waals surface area (Å²) in [4.78, 5) is 104. The van der Waals surface area contributed by atoms with E-state index >= 15 is 0 Å². The highest BCUT2D eigenvalue weighted by atomic mass is 16.6. The fourth-order valence-electron chi connectivity index (χ4n) is 31.3. The van der Waals surface area contributed by atoms with E-state index in [0.717, 1.165) is 126 Å². The molecule has 0 aromatic carbocycles. The molecule has 15 aliphatic rings. The van der Waals surface area contributed by atoms with Crippen LogP contribution in [0, 0.1) is 189 Å². The highest BCUT2D eigenvalue weighted by Crippen LogP contribution is 2.66. The molecular weight excluding hydrogens is 1520 g/mol. The van der Waals surface area contributed by atoms with Crippen molar-refractivity contribution < 1.29 is 76.3 Å². The standard InChI is InChI=1S/C105H162O16/c1-6-9-11-13-14-20-26-71-32-31-70(25-19-12-10-7-2)84(27-21-15-17-23-29-99(107)115-61-80-49-76-53-90(80)95-47-68(43-88(76)95)59-118-102(110)72-33-37-74(38-34-72)104(112)120-63-82-51-78-55-92(82)94-45-66(41-86(78)94)57-114-98(106)8-3)85(71)28-22-16-18-24-30-100(108)116-62-81-50-77-54-91(81)96-48-69(44-89(77)96)60-119-103(111)73-35-39-75(40-36-73)105(113)121-64-83-52-79-56-93(83)97-46-67(42-87(79)97)58-117-101(109)65(4)5/h8,66-97H,3-4,6-7,9-64H2,1-2,5H3/t66?,67?,68?,69?,70?,71?,72?,73?,74?,75?,76?,77?,78?,79?,80?,81?,82?,83?,84?,85?,86-,87-,88?,89?,90?,91?,92?,93?,94-,95?,96?,97-/m0/s1. The summed E-state index contributed by atoms with van der Waals surface area (Å²) in [5, 5.41) is 0. The predicted octanol–water partition coefficient (Wildman–Crippen LogP) is 22.6. The van der Waals surface area contributed by atoms with E-state index in [1.807, 2.05) is 0 Å². The van der Waals surface area contributed by atoms with Crippen LogP contribution in [0.4, 0.5) is 0 Å². The summed E-state index contributed by atoms with van der Waals surface area (Å²) in [6, 6.07) is 0. The number of esters is 8. The maximum Gasteiger partial charge on any atom is 0.333 e. The lowest BCUT2D eigenvalue weighted by Gasteiger charge is -2.44. The molecule has 8 bridgehead atoms. The molecule has 0 N–H and O–H groups in total. The Labute approximate surface area is 728 Å². The second kappa shape index (κ2) is 43.8. The molecule has 121 heavy (non-hydrogen) atoms. The number of carbonyl (C=O) groups excluding carboxylic acids is 8. The van der Waals surface area contributed by atoms with Crippen molar-refractivity contribution in [1.82, 2.24) is 0 Å². The van der Waals surface area contributed by atoms with Gasteiger partial charge in [0.15, 0.2) is 0 Å². The third kappa shape index (κ3) is 22.9. The minimum Gasteiger partial charge on any atom is -0.465 e. The van der Waals surface area contributed by atoms with E-state index in [4.69, 9.17) is 37.9 Å². The van der Waals surface area contributed by atoms with Gasteiger partial charge in [-0.15, -0.1) is 0 Å². The molecule has 16 nitrogen and oxygen atoms in total. The summed E-state index contributed by atoms with van der Waals surface area (Å²) in [6.45, 7) is 17.7. The number of ether oxygens (including phenoxy) is 8. The minimum atomic E-state index is -0.339. The van der Waals surface area contributed by atoms with Crippen LogP contribution in [-0.2, 0) is 76.3 Å². The van der Waals surface area contributed by atoms with Crippen molar-refractivity contribution in [1.29, 1.82) is 0 Å². The average Bonchev–Trinajstić information content (AvgIpc) is 1.61. The number of rotatable bonds is 48. The molecule has 15 rings (SSSR count). The molecule has 678 valence electrons. The lowest BCUT2D eigenvalue weighted by molar-refractivity contribution is -0.157. The maximum atomic E-state index is 13.5. The number of hydrogen-bond donors (Lipinski definition) is 0. The SMILES string of the molecule is C=CC(=O)OCC1C[C@@H]2C3CC(CC3COC(=O)C3CCC(C(=O)OCC4CC5C6CC(COC(=O)CCCCCCC7C(CCCCCC)CCC(CCCCCCCC)C7CCCCCCC(=O)OCC7CC8CC7C7CC(COC(=O)C9CCC(C(=O)OCC%10CC%11CC%10[C@H]%10CC(COC(=O)C(=C)C)C[C@@H]%11%10)CC9)CC87)C(C6)C5C4)CC3)[C@@H]2C1. The van der Waals surface area contributed by atoms with Crippen LogP contribution in [0.25, 0.3) is 0 Å². The van der Waals surface area contributed by atoms with Crippen LogP contribution in [0.15, 0.2) is 24.8 Å². The molecule has 0 aromatic rings. The van der Waals surface area contributed by atoms with Crippen LogP contribution in [0.1, 0.15) is 342 Å². The Morgan fingerprint density at radius 2 is 0.562 bits per heavy atom. The second-order valence-electron chi connectivity index (χ2n) is 44.2. The van der Waals surface area contributed by atoms with Gasteiger partial charge >= 0.3 is 47.8 Å². The van der Waals surface area contributed by atoms with Crippen molar-refractivity contribution in [3.8, 4) is 0 Å². The van der Waals surface area contributed by atoms with E-state index in [0.29, 0.717) is 265 Å². The molecule has 28 atom stereocenters. The summed E-state index contributed by atoms with van der Waals surface area (Å²) < 4.78 is 47.6. The van der Waals surface area contributed by atoms with Crippen LogP contribution in [-0.4, -0.2) is 101 Å². The first-order valence-electron chi connectivity index (χ1n) is 51.5. The number of carbonyl (C=O) groups is 8. The van der Waals surface area contributed by atoms with Gasteiger partial charge in [-0.3, -0.25) is 28.8 Å². The van der Waals surface area contributed by atoms with Crippen LogP contribution in [0.2, 0.25) is 0 Å². The monoisotopic (exact) mass is 1680 g/mol. The van der Waals surface area contributed by atoms with E-state index < -0.39 is 0 Å². The first kappa shape index (κ1) is 91.0. The number of unbranched alkanes of at least 4 members (excludes halogenated alkanes) is 14. The lowest BCUT2D eigenvalue weighted by Crippen LogP contribution is -2.35. The molecule has 24 unspecified atom stereocenters. The topological polar surface area (TPSA) is 210 Å². The molecule has 0 spiro atoms. The van der Waals surface area contributed by atoms with Gasteiger partial charge in [0.05, 0.1) is 76.5 Å². The van der Waals surface area contributed by atoms with Crippen molar-refractivity contribution in [2.75, 3.05) is 52.9 Å². The van der Waals surface area contributed by atoms with Crippen molar-refractivity contribution >= 4 is 47.8 Å². The Morgan fingerprint density at radius 1 is 0.281 bits per heavy atom. The van der Waals surface area contributed by atoms with E-state index in [2.05, 4.69) is 27.0 Å². The Bertz CT molecular complexity index is 3420. The normalized spacial score (nSPS) is 39.1. The smallest absolute Gasteiger partial charge is 0.333 e. The third-order valence-electron chi connectivity index (χ3n) is 37.1. The van der Waals surface area contributed by atoms with Gasteiger partial charge in [0, 0.05) is 24.5 Å². The van der Waals surface area contributed by atoms with E-state index in [1.165, 1.54) is 160 Å². The van der Waals surface area contributed by atoms with Gasteiger partial charge < -0.3 is 37.9 Å². The largest absolute Gasteiger partial charge is 0.465 e. The van der Waals surface area contributed by atoms with Crippen LogP contribution in [0.5, 0.6) is 0 Å². The zero-order valence-electron chi connectivity index (χ0n) is 75.5. The maximum absolute atomic E-state index is 13.5. The summed E-state index contributed by atoms with van der Waals surface area (Å²) in [7, 11) is 0. The first-order valence-corrected chi connectivity index (χ1v) is 51.5. The molecule has 16 heteroatoms. The molecule has 15 aliphatic carbocycles. The first-order chi connectivity index (χ1) is 58.9. The average molecular weight is 1680 g/mol. The summed E-state index contributed by atoms with van der Waals surface area (Å²) in [5.41, 5.74) is 0.451.